The van der Waals surface area contributed by atoms with Crippen LogP contribution in [-0.4, -0.2) is 0 Å². The van der Waals surface area contributed by atoms with Crippen LogP contribution in [0.4, 0.5) is 0 Å². The van der Waals surface area contributed by atoms with Gasteiger partial charge < -0.3 is 4.42 Å². The van der Waals surface area contributed by atoms with E-state index in [0.29, 0.717) is 0 Å². The minimum atomic E-state index is -1.25. The Kier molecular flexibility index (Phi) is 4.10. The number of hydrogen-bond acceptors (Lipinski definition) is 4. The Bertz CT molecular complexity index is 1240. The Morgan fingerprint density at radius 3 is 2.07 bits per heavy atom. The predicted molar refractivity (Wildman–Crippen MR) is 125 cm³/mol. The second kappa shape index (κ2) is 6.28. The molecule has 0 amide bonds. The molecule has 0 bridgehead atoms. The van der Waals surface area contributed by atoms with Gasteiger partial charge in [0.25, 0.3) is 0 Å². The smallest absolute Gasteiger partial charge is 0.144 e. The Balaban J connectivity index is 1.89. The molecule has 1 aromatic carbocycles. The van der Waals surface area contributed by atoms with Gasteiger partial charge in [0.05, 0.1) is 0 Å². The molecule has 4 aromatic rings. The quantitative estimate of drug-likeness (QED) is 0.296. The van der Waals surface area contributed by atoms with Gasteiger partial charge in [-0.3, -0.25) is 0 Å². The fourth-order valence-corrected chi connectivity index (χ4v) is 8.83. The third-order valence-electron chi connectivity index (χ3n) is 5.15. The molecule has 0 saturated carbocycles. The predicted octanol–water partition coefficient (Wildman–Crippen LogP) is 6.58. The number of rotatable bonds is 2. The molecular formula is C22H19OPS3. The third kappa shape index (κ3) is 2.58. The highest BCUT2D eigenvalue weighted by atomic mass is 32.4. The Morgan fingerprint density at radius 1 is 0.815 bits per heavy atom. The van der Waals surface area contributed by atoms with E-state index in [-0.39, 0.29) is 0 Å². The van der Waals surface area contributed by atoms with Crippen molar-refractivity contribution in [1.29, 1.82) is 0 Å². The Morgan fingerprint density at radius 2 is 1.44 bits per heavy atom. The van der Waals surface area contributed by atoms with E-state index in [4.69, 9.17) is 16.2 Å². The van der Waals surface area contributed by atoms with Crippen molar-refractivity contribution >= 4 is 51.8 Å². The maximum absolute atomic E-state index is 6.62. The summed E-state index contributed by atoms with van der Waals surface area (Å²) in [5, 5.41) is 2.57. The Labute approximate surface area is 173 Å². The summed E-state index contributed by atoms with van der Waals surface area (Å²) < 4.78 is 6.62. The van der Waals surface area contributed by atoms with Crippen LogP contribution in [0.15, 0.2) is 40.8 Å². The summed E-state index contributed by atoms with van der Waals surface area (Å²) in [6, 6.07) is 13.1. The van der Waals surface area contributed by atoms with E-state index in [1.807, 2.05) is 22.7 Å². The highest BCUT2D eigenvalue weighted by Gasteiger charge is 2.34. The van der Waals surface area contributed by atoms with Crippen molar-refractivity contribution in [3.8, 4) is 33.8 Å². The van der Waals surface area contributed by atoms with Crippen LogP contribution in [0.3, 0.4) is 0 Å². The van der Waals surface area contributed by atoms with Crippen LogP contribution >= 0.6 is 29.4 Å². The van der Waals surface area contributed by atoms with Crippen LogP contribution in [0.25, 0.3) is 33.8 Å². The van der Waals surface area contributed by atoms with Gasteiger partial charge in [-0.15, -0.1) is 22.7 Å². The van der Waals surface area contributed by atoms with Crippen molar-refractivity contribution in [2.45, 2.75) is 27.7 Å². The molecule has 0 saturated heterocycles. The van der Waals surface area contributed by atoms with Crippen LogP contribution in [0.5, 0.6) is 0 Å². The maximum Gasteiger partial charge on any atom is 0.144 e. The van der Waals surface area contributed by atoms with Crippen molar-refractivity contribution < 1.29 is 4.42 Å². The lowest BCUT2D eigenvalue weighted by molar-refractivity contribution is 0.600. The average molecular weight is 427 g/mol. The largest absolute Gasteiger partial charge is 0.455 e. The second-order valence-electron chi connectivity index (χ2n) is 7.04. The van der Waals surface area contributed by atoms with Crippen molar-refractivity contribution in [2.24, 2.45) is 0 Å². The van der Waals surface area contributed by atoms with Crippen LogP contribution in [-0.2, 0) is 11.8 Å². The maximum atomic E-state index is 6.62. The van der Waals surface area contributed by atoms with Crippen LogP contribution in [0, 0.1) is 27.7 Å². The lowest BCUT2D eigenvalue weighted by atomic mass is 10.0. The van der Waals surface area contributed by atoms with Gasteiger partial charge in [0.1, 0.15) is 11.5 Å². The number of aryl methyl sites for hydroxylation is 4. The minimum Gasteiger partial charge on any atom is -0.455 e. The summed E-state index contributed by atoms with van der Waals surface area (Å²) in [7, 11) is 0. The zero-order valence-corrected chi connectivity index (χ0v) is 19.0. The van der Waals surface area contributed by atoms with Gasteiger partial charge >= 0.3 is 0 Å². The van der Waals surface area contributed by atoms with E-state index >= 15 is 0 Å². The molecule has 1 atom stereocenters. The molecule has 1 unspecified atom stereocenters. The first-order valence-corrected chi connectivity index (χ1v) is 13.2. The number of fused-ring (bicyclic) bond motifs is 3. The van der Waals surface area contributed by atoms with E-state index < -0.39 is 6.70 Å². The molecule has 0 N–H and O–H groups in total. The van der Waals surface area contributed by atoms with Gasteiger partial charge in [0.2, 0.25) is 0 Å². The fourth-order valence-electron chi connectivity index (χ4n) is 4.03. The zero-order chi connectivity index (χ0) is 18.9. The van der Waals surface area contributed by atoms with Gasteiger partial charge in [0, 0.05) is 53.8 Å². The van der Waals surface area contributed by atoms with E-state index in [9.17, 15) is 0 Å². The average Bonchev–Trinajstić information content (AvgIpc) is 3.33. The standard InChI is InChI=1S/C22H19OPS3/c1-11-9-16(13(3)26-11)19-20(17-10-12(2)27-14(17)4)23-21-15-7-5-6-8-18(15)24(25)22(19)21/h5-10,24H,1-4H3. The van der Waals surface area contributed by atoms with Gasteiger partial charge in [-0.1, -0.05) is 36.1 Å². The highest BCUT2D eigenvalue weighted by molar-refractivity contribution is 8.12. The zero-order valence-electron chi connectivity index (χ0n) is 15.6. The first-order chi connectivity index (χ1) is 13.0. The van der Waals surface area contributed by atoms with Crippen LogP contribution in [0.2, 0.25) is 0 Å². The monoisotopic (exact) mass is 426 g/mol. The summed E-state index contributed by atoms with van der Waals surface area (Å²) in [5.74, 6) is 2.01. The summed E-state index contributed by atoms with van der Waals surface area (Å²) in [4.78, 5) is 5.28. The molecular weight excluding hydrogens is 407 g/mol. The molecule has 27 heavy (non-hydrogen) atoms. The lowest BCUT2D eigenvalue weighted by Gasteiger charge is -2.07. The van der Waals surface area contributed by atoms with Gasteiger partial charge in [-0.25, -0.2) is 0 Å². The molecule has 4 heterocycles. The molecule has 3 aromatic heterocycles. The molecule has 136 valence electrons. The SMILES string of the molecule is Cc1cc(-c2oc3c(c2-c2cc(C)sc2C)[PH](=S)c2ccccc2-3)c(C)s1. The molecule has 5 rings (SSSR count). The number of benzene rings is 1. The second-order valence-corrected chi connectivity index (χ2v) is 12.9. The van der Waals surface area contributed by atoms with E-state index in [1.165, 1.54) is 52.4 Å². The van der Waals surface area contributed by atoms with Crippen molar-refractivity contribution in [1.82, 2.24) is 0 Å². The number of furan rings is 1. The molecule has 1 aliphatic rings. The summed E-state index contributed by atoms with van der Waals surface area (Å²) in [6.07, 6.45) is 0. The van der Waals surface area contributed by atoms with Gasteiger partial charge in [0.15, 0.2) is 0 Å². The van der Waals surface area contributed by atoms with Crippen molar-refractivity contribution in [2.75, 3.05) is 0 Å². The van der Waals surface area contributed by atoms with Crippen molar-refractivity contribution in [3.63, 3.8) is 0 Å². The van der Waals surface area contributed by atoms with Crippen LogP contribution < -0.4 is 10.6 Å². The number of thiophene rings is 2. The molecule has 0 fully saturated rings. The topological polar surface area (TPSA) is 13.1 Å². The summed E-state index contributed by atoms with van der Waals surface area (Å²) in [5.41, 5.74) is 4.94. The summed E-state index contributed by atoms with van der Waals surface area (Å²) >= 11 is 9.78. The Hall–Kier alpha value is -1.45. The molecule has 1 nitrogen and oxygen atoms in total. The van der Waals surface area contributed by atoms with Gasteiger partial charge in [-0.2, -0.15) is 0 Å². The minimum absolute atomic E-state index is 1.00. The summed E-state index contributed by atoms with van der Waals surface area (Å²) in [6.45, 7) is 7.48. The molecule has 0 spiro atoms. The normalized spacial score (nSPS) is 15.2. The fraction of sp³-hybridized carbons (Fsp3) is 0.182. The van der Waals surface area contributed by atoms with E-state index in [1.54, 1.807) is 0 Å². The van der Waals surface area contributed by atoms with E-state index in [0.717, 1.165) is 11.5 Å². The van der Waals surface area contributed by atoms with Crippen LogP contribution in [0.1, 0.15) is 19.5 Å². The highest BCUT2D eigenvalue weighted by Crippen LogP contribution is 2.50. The van der Waals surface area contributed by atoms with Crippen molar-refractivity contribution in [3.05, 3.63) is 55.9 Å². The lowest BCUT2D eigenvalue weighted by Crippen LogP contribution is -2.01. The number of hydrogen-bond donors (Lipinski definition) is 0. The van der Waals surface area contributed by atoms with Gasteiger partial charge in [-0.05, 0) is 45.1 Å². The third-order valence-corrected chi connectivity index (χ3v) is 10.2. The first-order valence-electron chi connectivity index (χ1n) is 8.91. The molecule has 0 radical (unpaired) electrons. The molecule has 0 aliphatic carbocycles. The molecule has 1 aliphatic heterocycles. The first kappa shape index (κ1) is 17.6. The van der Waals surface area contributed by atoms with E-state index in [2.05, 4.69) is 64.1 Å². The molecule has 5 heteroatoms.